The zero-order chi connectivity index (χ0) is 25.7. The second-order valence-electron chi connectivity index (χ2n) is 9.33. The predicted molar refractivity (Wildman–Crippen MR) is 143 cm³/mol. The molecule has 0 saturated carbocycles. The highest BCUT2D eigenvalue weighted by atomic mass is 35.5. The molecular weight excluding hydrogens is 474 g/mol. The Bertz CT molecular complexity index is 1180. The number of hydrogen-bond donors (Lipinski definition) is 0. The zero-order valence-electron chi connectivity index (χ0n) is 21.0. The van der Waals surface area contributed by atoms with E-state index in [4.69, 9.17) is 11.6 Å². The van der Waals surface area contributed by atoms with Crippen LogP contribution < -0.4 is 4.90 Å². The number of carbonyl (C=O) groups is 2. The van der Waals surface area contributed by atoms with E-state index in [-0.39, 0.29) is 30.3 Å². The van der Waals surface area contributed by atoms with Crippen LogP contribution in [0.1, 0.15) is 32.4 Å². The molecule has 0 unspecified atom stereocenters. The second kappa shape index (κ2) is 11.5. The molecule has 3 aromatic rings. The third-order valence-electron chi connectivity index (χ3n) is 6.59. The minimum Gasteiger partial charge on any atom is -0.352 e. The van der Waals surface area contributed by atoms with Crippen molar-refractivity contribution < 1.29 is 9.59 Å². The lowest BCUT2D eigenvalue weighted by atomic mass is 10.0. The topological polar surface area (TPSA) is 69.6 Å². The lowest BCUT2D eigenvalue weighted by molar-refractivity contribution is -0.144. The fraction of sp³-hybridized carbons (Fsp3) is 0.357. The molecule has 1 aliphatic rings. The first-order valence-corrected chi connectivity index (χ1v) is 12.7. The smallest absolute Gasteiger partial charge is 0.242 e. The van der Waals surface area contributed by atoms with Crippen molar-refractivity contribution in [3.63, 3.8) is 0 Å². The van der Waals surface area contributed by atoms with Crippen LogP contribution in [0.25, 0.3) is 11.3 Å². The van der Waals surface area contributed by atoms with Crippen molar-refractivity contribution >= 4 is 29.2 Å². The molecule has 1 atom stereocenters. The van der Waals surface area contributed by atoms with Crippen LogP contribution in [0.3, 0.4) is 0 Å². The largest absolute Gasteiger partial charge is 0.352 e. The van der Waals surface area contributed by atoms with Gasteiger partial charge >= 0.3 is 0 Å². The van der Waals surface area contributed by atoms with Crippen LogP contribution in [0, 0.1) is 5.92 Å². The molecule has 8 heteroatoms. The number of piperazine rings is 1. The summed E-state index contributed by atoms with van der Waals surface area (Å²) in [5.41, 5.74) is 2.59. The monoisotopic (exact) mass is 505 g/mol. The normalized spacial score (nSPS) is 14.6. The van der Waals surface area contributed by atoms with Gasteiger partial charge in [0.15, 0.2) is 5.82 Å². The van der Waals surface area contributed by atoms with Gasteiger partial charge in [-0.25, -0.2) is 0 Å². The molecule has 1 aliphatic heterocycles. The average molecular weight is 506 g/mol. The Morgan fingerprint density at radius 2 is 1.56 bits per heavy atom. The summed E-state index contributed by atoms with van der Waals surface area (Å²) in [4.78, 5) is 31.9. The average Bonchev–Trinajstić information content (AvgIpc) is 2.92. The van der Waals surface area contributed by atoms with Gasteiger partial charge in [0.2, 0.25) is 11.8 Å². The number of rotatable bonds is 7. The van der Waals surface area contributed by atoms with Crippen LogP contribution in [0.4, 0.5) is 5.82 Å². The molecule has 0 N–H and O–H groups in total. The van der Waals surface area contributed by atoms with Crippen LogP contribution in [0.2, 0.25) is 5.02 Å². The lowest BCUT2D eigenvalue weighted by Crippen LogP contribution is -2.52. The molecule has 2 heterocycles. The standard InChI is InChI=1S/C28H32ClN5O2/c1-20(2)28(36)34(21(3)22-9-5-4-6-10-22)19-27(35)33-17-15-32(16-18-33)26-14-13-25(30-31-26)23-11-7-8-12-24(23)29/h4-14,20-21H,15-19H2,1-3H3/t21-/m0/s1. The van der Waals surface area contributed by atoms with Crippen molar-refractivity contribution in [3.8, 4) is 11.3 Å². The Balaban J connectivity index is 1.38. The van der Waals surface area contributed by atoms with Gasteiger partial charge in [0.05, 0.1) is 16.8 Å². The van der Waals surface area contributed by atoms with Crippen LogP contribution in [0.5, 0.6) is 0 Å². The molecule has 0 aliphatic carbocycles. The van der Waals surface area contributed by atoms with Crippen LogP contribution in [-0.4, -0.2) is 64.5 Å². The summed E-state index contributed by atoms with van der Waals surface area (Å²) >= 11 is 6.28. The summed E-state index contributed by atoms with van der Waals surface area (Å²) in [6.07, 6.45) is 0. The van der Waals surface area contributed by atoms with Crippen molar-refractivity contribution in [2.75, 3.05) is 37.6 Å². The molecule has 1 saturated heterocycles. The first kappa shape index (κ1) is 25.6. The Labute approximate surface area is 217 Å². The molecule has 36 heavy (non-hydrogen) atoms. The van der Waals surface area contributed by atoms with Crippen molar-refractivity contribution in [2.45, 2.75) is 26.8 Å². The van der Waals surface area contributed by atoms with E-state index in [1.54, 1.807) is 4.90 Å². The fourth-order valence-electron chi connectivity index (χ4n) is 4.39. The number of carbonyl (C=O) groups excluding carboxylic acids is 2. The molecule has 188 valence electrons. The van der Waals surface area contributed by atoms with Gasteiger partial charge in [0, 0.05) is 37.7 Å². The Hall–Kier alpha value is -3.45. The molecule has 0 spiro atoms. The fourth-order valence-corrected chi connectivity index (χ4v) is 4.62. The highest BCUT2D eigenvalue weighted by molar-refractivity contribution is 6.33. The molecular formula is C28H32ClN5O2. The number of amides is 2. The first-order chi connectivity index (χ1) is 17.3. The van der Waals surface area contributed by atoms with Gasteiger partial charge in [0.25, 0.3) is 0 Å². The number of nitrogens with zero attached hydrogens (tertiary/aromatic N) is 5. The Kier molecular flexibility index (Phi) is 8.21. The highest BCUT2D eigenvalue weighted by Crippen LogP contribution is 2.27. The molecule has 0 bridgehead atoms. The number of halogens is 1. The molecule has 1 fully saturated rings. The van der Waals surface area contributed by atoms with Crippen molar-refractivity contribution in [1.82, 2.24) is 20.0 Å². The minimum atomic E-state index is -0.187. The summed E-state index contributed by atoms with van der Waals surface area (Å²) < 4.78 is 0. The van der Waals surface area contributed by atoms with Gasteiger partial charge in [-0.2, -0.15) is 0 Å². The van der Waals surface area contributed by atoms with Crippen molar-refractivity contribution in [3.05, 3.63) is 77.3 Å². The van der Waals surface area contributed by atoms with E-state index < -0.39 is 0 Å². The maximum atomic E-state index is 13.2. The molecule has 7 nitrogen and oxygen atoms in total. The van der Waals surface area contributed by atoms with E-state index in [9.17, 15) is 9.59 Å². The summed E-state index contributed by atoms with van der Waals surface area (Å²) in [5, 5.41) is 9.40. The molecule has 4 rings (SSSR count). The maximum absolute atomic E-state index is 13.2. The van der Waals surface area contributed by atoms with E-state index in [0.717, 1.165) is 22.6 Å². The third kappa shape index (κ3) is 5.85. The first-order valence-electron chi connectivity index (χ1n) is 12.3. The summed E-state index contributed by atoms with van der Waals surface area (Å²) in [6.45, 7) is 8.22. The van der Waals surface area contributed by atoms with Gasteiger partial charge in [-0.15, -0.1) is 10.2 Å². The Morgan fingerprint density at radius 3 is 2.17 bits per heavy atom. The number of benzene rings is 2. The van der Waals surface area contributed by atoms with Crippen LogP contribution in [-0.2, 0) is 9.59 Å². The van der Waals surface area contributed by atoms with Gasteiger partial charge in [-0.1, -0.05) is 74.0 Å². The van der Waals surface area contributed by atoms with Crippen molar-refractivity contribution in [1.29, 1.82) is 0 Å². The Morgan fingerprint density at radius 1 is 0.889 bits per heavy atom. The number of aromatic nitrogens is 2. The number of hydrogen-bond acceptors (Lipinski definition) is 5. The van der Waals surface area contributed by atoms with Crippen molar-refractivity contribution in [2.24, 2.45) is 5.92 Å². The quantitative estimate of drug-likeness (QED) is 0.466. The summed E-state index contributed by atoms with van der Waals surface area (Å²) in [5.74, 6) is 0.527. The minimum absolute atomic E-state index is 0.0211. The van der Waals surface area contributed by atoms with Gasteiger partial charge in [-0.05, 0) is 30.7 Å². The van der Waals surface area contributed by atoms with Gasteiger partial charge in [0.1, 0.15) is 6.54 Å². The molecule has 2 aromatic carbocycles. The van der Waals surface area contributed by atoms with E-state index in [2.05, 4.69) is 15.1 Å². The van der Waals surface area contributed by atoms with Gasteiger partial charge in [-0.3, -0.25) is 9.59 Å². The highest BCUT2D eigenvalue weighted by Gasteiger charge is 2.29. The van der Waals surface area contributed by atoms with E-state index in [0.29, 0.717) is 31.2 Å². The molecule has 2 amide bonds. The summed E-state index contributed by atoms with van der Waals surface area (Å²) in [7, 11) is 0. The van der Waals surface area contributed by atoms with E-state index >= 15 is 0 Å². The molecule has 1 aromatic heterocycles. The SMILES string of the molecule is CC(C)C(=O)N(CC(=O)N1CCN(c2ccc(-c3ccccc3Cl)nn2)CC1)[C@@H](C)c1ccccc1. The molecule has 0 radical (unpaired) electrons. The van der Waals surface area contributed by atoms with Gasteiger partial charge < -0.3 is 14.7 Å². The summed E-state index contributed by atoms with van der Waals surface area (Å²) in [6, 6.07) is 21.1. The second-order valence-corrected chi connectivity index (χ2v) is 9.74. The zero-order valence-corrected chi connectivity index (χ0v) is 21.7. The predicted octanol–water partition coefficient (Wildman–Crippen LogP) is 4.69. The maximum Gasteiger partial charge on any atom is 0.242 e. The third-order valence-corrected chi connectivity index (χ3v) is 6.92. The van der Waals surface area contributed by atoms with Crippen LogP contribution >= 0.6 is 11.6 Å². The number of anilines is 1. The van der Waals surface area contributed by atoms with Crippen LogP contribution in [0.15, 0.2) is 66.7 Å². The van der Waals surface area contributed by atoms with E-state index in [1.165, 1.54) is 0 Å². The lowest BCUT2D eigenvalue weighted by Gasteiger charge is -2.37. The van der Waals surface area contributed by atoms with E-state index in [1.807, 2.05) is 92.4 Å².